The molecule has 1 atom stereocenters. The summed E-state index contributed by atoms with van der Waals surface area (Å²) in [5.41, 5.74) is 3.20. The summed E-state index contributed by atoms with van der Waals surface area (Å²) in [5.74, 6) is 0.909. The molecule has 3 nitrogen and oxygen atoms in total. The van der Waals surface area contributed by atoms with Gasteiger partial charge in [0.2, 0.25) is 0 Å². The Kier molecular flexibility index (Phi) is 4.11. The van der Waals surface area contributed by atoms with Crippen LogP contribution in [0.3, 0.4) is 0 Å². The second kappa shape index (κ2) is 6.19. The lowest BCUT2D eigenvalue weighted by Gasteiger charge is -2.27. The number of fused-ring (bicyclic) bond motifs is 1. The molecule has 1 aliphatic heterocycles. The molecule has 0 aliphatic carbocycles. The van der Waals surface area contributed by atoms with Gasteiger partial charge in [0.1, 0.15) is 5.75 Å². The van der Waals surface area contributed by atoms with E-state index in [0.29, 0.717) is 6.54 Å². The number of aryl methyl sites for hydroxylation is 1. The molecule has 0 aromatic heterocycles. The Morgan fingerprint density at radius 2 is 1.90 bits per heavy atom. The summed E-state index contributed by atoms with van der Waals surface area (Å²) in [6, 6.07) is 16.1. The molecule has 2 aromatic rings. The van der Waals surface area contributed by atoms with Gasteiger partial charge in [-0.1, -0.05) is 36.4 Å². The van der Waals surface area contributed by atoms with Crippen LogP contribution in [0.5, 0.6) is 5.75 Å². The summed E-state index contributed by atoms with van der Waals surface area (Å²) < 4.78 is 5.77. The van der Waals surface area contributed by atoms with Crippen molar-refractivity contribution in [2.45, 2.75) is 19.4 Å². The zero-order valence-corrected chi connectivity index (χ0v) is 12.3. The molecule has 0 amide bonds. The molecule has 1 heterocycles. The van der Waals surface area contributed by atoms with E-state index >= 15 is 0 Å². The van der Waals surface area contributed by atoms with Crippen molar-refractivity contribution in [3.8, 4) is 5.75 Å². The van der Waals surface area contributed by atoms with Crippen LogP contribution in [-0.2, 0) is 0 Å². The average Bonchev–Trinajstić information content (AvgIpc) is 2.70. The molecular weight excluding hydrogens is 262 g/mol. The Bertz CT molecular complexity index is 612. The number of nitrogens with zero attached hydrogens (tertiary/aromatic N) is 1. The summed E-state index contributed by atoms with van der Waals surface area (Å²) in [6.45, 7) is 4.26. The van der Waals surface area contributed by atoms with Crippen LogP contribution in [0.4, 0.5) is 5.69 Å². The molecule has 110 valence electrons. The highest BCUT2D eigenvalue weighted by Gasteiger charge is 2.20. The number of anilines is 1. The van der Waals surface area contributed by atoms with Gasteiger partial charge in [0, 0.05) is 13.1 Å². The number of ether oxygens (including phenoxy) is 1. The molecule has 0 fully saturated rings. The minimum absolute atomic E-state index is 0.489. The first-order valence-corrected chi connectivity index (χ1v) is 7.46. The van der Waals surface area contributed by atoms with Crippen molar-refractivity contribution >= 4 is 5.69 Å². The first-order chi connectivity index (χ1) is 10.3. The standard InChI is InChI=1S/C18H21NO2/c1-14-7-2-3-8-15(14)17(20)13-19-11-6-12-21-18-10-5-4-9-16(18)19/h2-5,7-10,17,20H,6,11-13H2,1H3. The van der Waals surface area contributed by atoms with Crippen LogP contribution in [0.2, 0.25) is 0 Å². The highest BCUT2D eigenvalue weighted by molar-refractivity contribution is 5.59. The third kappa shape index (κ3) is 3.03. The first-order valence-electron chi connectivity index (χ1n) is 7.46. The largest absolute Gasteiger partial charge is 0.491 e. The Hall–Kier alpha value is -2.00. The van der Waals surface area contributed by atoms with E-state index in [1.807, 2.05) is 49.4 Å². The lowest BCUT2D eigenvalue weighted by Crippen LogP contribution is -2.29. The van der Waals surface area contributed by atoms with Gasteiger partial charge in [-0.3, -0.25) is 0 Å². The van der Waals surface area contributed by atoms with Gasteiger partial charge < -0.3 is 14.7 Å². The third-order valence-electron chi connectivity index (χ3n) is 3.98. The smallest absolute Gasteiger partial charge is 0.142 e. The van der Waals surface area contributed by atoms with Crippen LogP contribution >= 0.6 is 0 Å². The molecule has 0 bridgehead atoms. The van der Waals surface area contributed by atoms with Crippen molar-refractivity contribution in [2.75, 3.05) is 24.6 Å². The van der Waals surface area contributed by atoms with Gasteiger partial charge >= 0.3 is 0 Å². The van der Waals surface area contributed by atoms with E-state index in [9.17, 15) is 5.11 Å². The highest BCUT2D eigenvalue weighted by atomic mass is 16.5. The number of hydrogen-bond donors (Lipinski definition) is 1. The predicted molar refractivity (Wildman–Crippen MR) is 84.9 cm³/mol. The molecule has 1 aliphatic rings. The quantitative estimate of drug-likeness (QED) is 0.938. The lowest BCUT2D eigenvalue weighted by molar-refractivity contribution is 0.182. The van der Waals surface area contributed by atoms with Gasteiger partial charge in [0.15, 0.2) is 0 Å². The topological polar surface area (TPSA) is 32.7 Å². The minimum Gasteiger partial charge on any atom is -0.491 e. The van der Waals surface area contributed by atoms with Gasteiger partial charge in [-0.15, -0.1) is 0 Å². The molecule has 0 radical (unpaired) electrons. The molecule has 0 spiro atoms. The summed E-state index contributed by atoms with van der Waals surface area (Å²) in [4.78, 5) is 2.22. The van der Waals surface area contributed by atoms with Crippen LogP contribution in [0, 0.1) is 6.92 Å². The monoisotopic (exact) mass is 283 g/mol. The molecule has 0 saturated carbocycles. The van der Waals surface area contributed by atoms with Crippen molar-refractivity contribution < 1.29 is 9.84 Å². The van der Waals surface area contributed by atoms with Crippen LogP contribution < -0.4 is 9.64 Å². The van der Waals surface area contributed by atoms with Crippen LogP contribution in [0.1, 0.15) is 23.7 Å². The molecule has 3 heteroatoms. The molecular formula is C18H21NO2. The van der Waals surface area contributed by atoms with E-state index in [4.69, 9.17) is 4.74 Å². The van der Waals surface area contributed by atoms with Crippen LogP contribution in [-0.4, -0.2) is 24.8 Å². The minimum atomic E-state index is -0.489. The van der Waals surface area contributed by atoms with Crippen molar-refractivity contribution in [1.82, 2.24) is 0 Å². The second-order valence-corrected chi connectivity index (χ2v) is 5.49. The molecule has 3 rings (SSSR count). The zero-order valence-electron chi connectivity index (χ0n) is 12.3. The van der Waals surface area contributed by atoms with Crippen molar-refractivity contribution in [2.24, 2.45) is 0 Å². The maximum absolute atomic E-state index is 10.6. The van der Waals surface area contributed by atoms with E-state index in [1.54, 1.807) is 0 Å². The SMILES string of the molecule is Cc1ccccc1C(O)CN1CCCOc2ccccc21. The van der Waals surface area contributed by atoms with E-state index in [0.717, 1.165) is 42.1 Å². The van der Waals surface area contributed by atoms with Gasteiger partial charge in [-0.2, -0.15) is 0 Å². The average molecular weight is 283 g/mol. The Labute approximate surface area is 125 Å². The maximum Gasteiger partial charge on any atom is 0.142 e. The Morgan fingerprint density at radius 1 is 1.14 bits per heavy atom. The molecule has 1 unspecified atom stereocenters. The highest BCUT2D eigenvalue weighted by Crippen LogP contribution is 2.32. The second-order valence-electron chi connectivity index (χ2n) is 5.49. The number of para-hydroxylation sites is 2. The summed E-state index contributed by atoms with van der Waals surface area (Å²) in [5, 5.41) is 10.6. The number of hydrogen-bond acceptors (Lipinski definition) is 3. The van der Waals surface area contributed by atoms with Gasteiger partial charge in [0.05, 0.1) is 18.4 Å². The molecule has 1 N–H and O–H groups in total. The number of benzene rings is 2. The predicted octanol–water partition coefficient (Wildman–Crippen LogP) is 3.32. The van der Waals surface area contributed by atoms with E-state index in [-0.39, 0.29) is 0 Å². The van der Waals surface area contributed by atoms with Crippen LogP contribution in [0.15, 0.2) is 48.5 Å². The van der Waals surface area contributed by atoms with Gasteiger partial charge in [-0.05, 0) is 36.6 Å². The molecule has 2 aromatic carbocycles. The zero-order chi connectivity index (χ0) is 14.7. The Balaban J connectivity index is 1.83. The normalized spacial score (nSPS) is 15.8. The third-order valence-corrected chi connectivity index (χ3v) is 3.98. The summed E-state index contributed by atoms with van der Waals surface area (Å²) >= 11 is 0. The van der Waals surface area contributed by atoms with Crippen molar-refractivity contribution in [1.29, 1.82) is 0 Å². The molecule has 0 saturated heterocycles. The van der Waals surface area contributed by atoms with Gasteiger partial charge in [0.25, 0.3) is 0 Å². The first kappa shape index (κ1) is 14.0. The summed E-state index contributed by atoms with van der Waals surface area (Å²) in [6.07, 6.45) is 0.479. The fourth-order valence-electron chi connectivity index (χ4n) is 2.86. The maximum atomic E-state index is 10.6. The van der Waals surface area contributed by atoms with E-state index < -0.39 is 6.10 Å². The molecule has 21 heavy (non-hydrogen) atoms. The Morgan fingerprint density at radius 3 is 2.76 bits per heavy atom. The lowest BCUT2D eigenvalue weighted by atomic mass is 10.0. The summed E-state index contributed by atoms with van der Waals surface area (Å²) in [7, 11) is 0. The fourth-order valence-corrected chi connectivity index (χ4v) is 2.86. The van der Waals surface area contributed by atoms with E-state index in [1.165, 1.54) is 0 Å². The van der Waals surface area contributed by atoms with Crippen molar-refractivity contribution in [3.63, 3.8) is 0 Å². The number of rotatable bonds is 3. The fraction of sp³-hybridized carbons (Fsp3) is 0.333. The number of aliphatic hydroxyl groups excluding tert-OH is 1. The van der Waals surface area contributed by atoms with E-state index in [2.05, 4.69) is 11.0 Å². The van der Waals surface area contributed by atoms with Gasteiger partial charge in [-0.25, -0.2) is 0 Å². The number of aliphatic hydroxyl groups is 1. The number of β-amino-alcohol motifs (C(OH)–C–C–N with tert-alkyl or cyclic N) is 1. The van der Waals surface area contributed by atoms with Crippen LogP contribution in [0.25, 0.3) is 0 Å². The van der Waals surface area contributed by atoms with Crippen molar-refractivity contribution in [3.05, 3.63) is 59.7 Å².